The van der Waals surface area contributed by atoms with Gasteiger partial charge in [0.1, 0.15) is 11.9 Å². The fraction of sp³-hybridized carbons (Fsp3) is 0.286. The molecule has 0 aromatic heterocycles. The second kappa shape index (κ2) is 10.7. The molecule has 3 aromatic carbocycles. The molecule has 0 saturated carbocycles. The molecule has 2 aliphatic heterocycles. The first-order valence-corrected chi connectivity index (χ1v) is 12.8. The molecule has 0 spiro atoms. The molecular formula is C28H28ClF2N5O2. The third-order valence-corrected chi connectivity index (χ3v) is 6.91. The Morgan fingerprint density at radius 3 is 2.53 bits per heavy atom. The summed E-state index contributed by atoms with van der Waals surface area (Å²) in [5, 5.41) is 5.42. The van der Waals surface area contributed by atoms with Crippen LogP contribution in [-0.2, 0) is 4.79 Å². The standard InChI is InChI=1S/C28H28ClF2N5O2/c1-4-32-25(37)15-23-28-35(3)34-16(2)36(28)24-13-12-19(38-27-21(30)6-5-7-22(27)31)14-20(24)26(33-23)17-8-10-18(29)11-9-17/h5-14,16,23,28,34H,4,15H2,1-3H3,(H,32,37)/t16?,23-,28?/m0/s1. The van der Waals surface area contributed by atoms with E-state index >= 15 is 0 Å². The van der Waals surface area contributed by atoms with Crippen LogP contribution in [0.5, 0.6) is 11.5 Å². The average molecular weight is 540 g/mol. The van der Waals surface area contributed by atoms with Gasteiger partial charge in [-0.3, -0.25) is 9.79 Å². The second-order valence-corrected chi connectivity index (χ2v) is 9.71. The maximum absolute atomic E-state index is 14.4. The van der Waals surface area contributed by atoms with Crippen molar-refractivity contribution in [1.29, 1.82) is 0 Å². The molecule has 1 fully saturated rings. The van der Waals surface area contributed by atoms with Crippen LogP contribution in [0.25, 0.3) is 0 Å². The van der Waals surface area contributed by atoms with Crippen LogP contribution in [0.3, 0.4) is 0 Å². The summed E-state index contributed by atoms with van der Waals surface area (Å²) in [6, 6.07) is 15.7. The van der Waals surface area contributed by atoms with E-state index in [-0.39, 0.29) is 30.4 Å². The topological polar surface area (TPSA) is 69.2 Å². The molecular weight excluding hydrogens is 512 g/mol. The highest BCUT2D eigenvalue weighted by Gasteiger charge is 2.44. The van der Waals surface area contributed by atoms with Crippen molar-refractivity contribution in [1.82, 2.24) is 15.8 Å². The highest BCUT2D eigenvalue weighted by atomic mass is 35.5. The summed E-state index contributed by atoms with van der Waals surface area (Å²) in [6.07, 6.45) is -0.217. The first-order chi connectivity index (χ1) is 18.3. The number of hydrogen-bond donors (Lipinski definition) is 2. The average Bonchev–Trinajstić information content (AvgIpc) is 3.09. The van der Waals surface area contributed by atoms with E-state index in [0.29, 0.717) is 22.8 Å². The maximum Gasteiger partial charge on any atom is 0.222 e. The quantitative estimate of drug-likeness (QED) is 0.457. The Kier molecular flexibility index (Phi) is 7.34. The Hall–Kier alpha value is -3.53. The van der Waals surface area contributed by atoms with Gasteiger partial charge in [0.2, 0.25) is 5.91 Å². The molecule has 1 amide bonds. The van der Waals surface area contributed by atoms with E-state index in [1.54, 1.807) is 24.3 Å². The Morgan fingerprint density at radius 1 is 1.13 bits per heavy atom. The molecule has 198 valence electrons. The van der Waals surface area contributed by atoms with E-state index in [2.05, 4.69) is 15.6 Å². The smallest absolute Gasteiger partial charge is 0.222 e. The molecule has 3 atom stereocenters. The zero-order valence-corrected chi connectivity index (χ0v) is 22.0. The summed E-state index contributed by atoms with van der Waals surface area (Å²) in [7, 11) is 1.92. The maximum atomic E-state index is 14.4. The zero-order chi connectivity index (χ0) is 27.0. The summed E-state index contributed by atoms with van der Waals surface area (Å²) >= 11 is 6.17. The Morgan fingerprint density at radius 2 is 1.84 bits per heavy atom. The first-order valence-electron chi connectivity index (χ1n) is 12.4. The molecule has 0 radical (unpaired) electrons. The van der Waals surface area contributed by atoms with Crippen LogP contribution in [0.1, 0.15) is 31.4 Å². The normalized spacial score (nSPS) is 20.8. The number of nitrogens with one attached hydrogen (secondary N) is 2. The number of likely N-dealkylation sites (N-methyl/N-ethyl adjacent to an activating group) is 1. The number of hydrogen-bond acceptors (Lipinski definition) is 6. The number of halogens is 3. The van der Waals surface area contributed by atoms with Gasteiger partial charge in [0.05, 0.1) is 24.3 Å². The largest absolute Gasteiger partial charge is 0.451 e. The van der Waals surface area contributed by atoms with Crippen molar-refractivity contribution in [2.24, 2.45) is 4.99 Å². The minimum absolute atomic E-state index is 0.102. The van der Waals surface area contributed by atoms with Crippen molar-refractivity contribution >= 4 is 28.9 Å². The molecule has 38 heavy (non-hydrogen) atoms. The van der Waals surface area contributed by atoms with E-state index < -0.39 is 23.4 Å². The van der Waals surface area contributed by atoms with Crippen LogP contribution in [-0.4, -0.2) is 48.6 Å². The summed E-state index contributed by atoms with van der Waals surface area (Å²) in [5.74, 6) is -1.93. The second-order valence-electron chi connectivity index (χ2n) is 9.28. The van der Waals surface area contributed by atoms with Crippen molar-refractivity contribution < 1.29 is 18.3 Å². The number of amides is 1. The van der Waals surface area contributed by atoms with Crippen molar-refractivity contribution in [2.75, 3.05) is 18.5 Å². The van der Waals surface area contributed by atoms with Gasteiger partial charge >= 0.3 is 0 Å². The van der Waals surface area contributed by atoms with Gasteiger partial charge in [-0.05, 0) is 56.3 Å². The Labute approximate surface area is 225 Å². The molecule has 2 N–H and O–H groups in total. The van der Waals surface area contributed by atoms with Crippen LogP contribution >= 0.6 is 11.6 Å². The minimum atomic E-state index is -0.799. The van der Waals surface area contributed by atoms with Gasteiger partial charge in [-0.2, -0.15) is 0 Å². The van der Waals surface area contributed by atoms with E-state index in [9.17, 15) is 13.6 Å². The number of nitrogens with zero attached hydrogens (tertiary/aromatic N) is 3. The number of fused-ring (bicyclic) bond motifs is 3. The third kappa shape index (κ3) is 4.97. The van der Waals surface area contributed by atoms with Gasteiger partial charge < -0.3 is 15.0 Å². The molecule has 0 bridgehead atoms. The van der Waals surface area contributed by atoms with E-state index in [0.717, 1.165) is 23.4 Å². The SMILES string of the molecule is CCNC(=O)C[C@@H]1N=C(c2ccc(Cl)cc2)c2cc(Oc3c(F)cccc3F)ccc2N2C(C)NN(C)C12. The van der Waals surface area contributed by atoms with Gasteiger partial charge in [-0.15, -0.1) is 0 Å². The summed E-state index contributed by atoms with van der Waals surface area (Å²) in [4.78, 5) is 20.0. The lowest BCUT2D eigenvalue weighted by molar-refractivity contribution is -0.121. The van der Waals surface area contributed by atoms with E-state index in [4.69, 9.17) is 21.3 Å². The van der Waals surface area contributed by atoms with E-state index in [1.807, 2.05) is 44.1 Å². The molecule has 5 rings (SSSR count). The van der Waals surface area contributed by atoms with E-state index in [1.165, 1.54) is 6.07 Å². The number of anilines is 1. The predicted octanol–water partition coefficient (Wildman–Crippen LogP) is 5.08. The highest BCUT2D eigenvalue weighted by Crippen LogP contribution is 2.39. The fourth-order valence-corrected chi connectivity index (χ4v) is 5.21. The predicted molar refractivity (Wildman–Crippen MR) is 144 cm³/mol. The zero-order valence-electron chi connectivity index (χ0n) is 21.2. The van der Waals surface area contributed by atoms with Crippen LogP contribution in [0.15, 0.2) is 65.7 Å². The highest BCUT2D eigenvalue weighted by molar-refractivity contribution is 6.30. The Balaban J connectivity index is 1.68. The monoisotopic (exact) mass is 539 g/mol. The summed E-state index contributed by atoms with van der Waals surface area (Å²) in [6.45, 7) is 4.42. The molecule has 0 aliphatic carbocycles. The van der Waals surface area contributed by atoms with Gasteiger partial charge in [-0.1, -0.05) is 29.8 Å². The van der Waals surface area contributed by atoms with Crippen LogP contribution in [0.4, 0.5) is 14.5 Å². The van der Waals surface area contributed by atoms with Gasteiger partial charge in [0.25, 0.3) is 0 Å². The van der Waals surface area contributed by atoms with Crippen LogP contribution < -0.4 is 20.4 Å². The lowest BCUT2D eigenvalue weighted by Crippen LogP contribution is -2.48. The van der Waals surface area contributed by atoms with Crippen molar-refractivity contribution in [3.8, 4) is 11.5 Å². The number of para-hydroxylation sites is 1. The number of carbonyl (C=O) groups is 1. The summed E-state index contributed by atoms with van der Waals surface area (Å²) < 4.78 is 34.4. The number of benzene rings is 3. The molecule has 2 unspecified atom stereocenters. The Bertz CT molecular complexity index is 1360. The fourth-order valence-electron chi connectivity index (χ4n) is 5.09. The molecule has 3 aromatic rings. The van der Waals surface area contributed by atoms with Crippen LogP contribution in [0.2, 0.25) is 5.02 Å². The van der Waals surface area contributed by atoms with Gasteiger partial charge in [-0.25, -0.2) is 19.2 Å². The molecule has 2 aliphatic rings. The van der Waals surface area contributed by atoms with Crippen molar-refractivity contribution in [2.45, 2.75) is 38.6 Å². The molecule has 7 nitrogen and oxygen atoms in total. The van der Waals surface area contributed by atoms with Crippen molar-refractivity contribution in [3.05, 3.63) is 88.4 Å². The lowest BCUT2D eigenvalue weighted by Gasteiger charge is -2.33. The number of hydrazine groups is 1. The number of aliphatic imine (C=N–C) groups is 1. The molecule has 1 saturated heterocycles. The molecule has 10 heteroatoms. The van der Waals surface area contributed by atoms with Gasteiger partial charge in [0, 0.05) is 35.4 Å². The number of ether oxygens (including phenoxy) is 1. The number of rotatable bonds is 6. The molecule has 2 heterocycles. The number of carbonyl (C=O) groups excluding carboxylic acids is 1. The van der Waals surface area contributed by atoms with Gasteiger partial charge in [0.15, 0.2) is 17.4 Å². The lowest BCUT2D eigenvalue weighted by atomic mass is 9.99. The van der Waals surface area contributed by atoms with Crippen molar-refractivity contribution in [3.63, 3.8) is 0 Å². The minimum Gasteiger partial charge on any atom is -0.451 e. The summed E-state index contributed by atoms with van der Waals surface area (Å²) in [5.41, 5.74) is 6.36. The third-order valence-electron chi connectivity index (χ3n) is 6.65. The van der Waals surface area contributed by atoms with Crippen LogP contribution in [0, 0.1) is 11.6 Å². The first kappa shape index (κ1) is 26.1.